The van der Waals surface area contributed by atoms with E-state index in [9.17, 15) is 10.1 Å². The molecule has 0 unspecified atom stereocenters. The third-order valence-electron chi connectivity index (χ3n) is 4.32. The molecular weight excluding hydrogens is 310 g/mol. The minimum absolute atomic E-state index is 0.146. The zero-order valence-electron chi connectivity index (χ0n) is 14.1. The predicted octanol–water partition coefficient (Wildman–Crippen LogP) is -1.55. The molecule has 0 aromatic heterocycles. The van der Waals surface area contributed by atoms with Gasteiger partial charge < -0.3 is 20.1 Å². The van der Waals surface area contributed by atoms with Gasteiger partial charge in [-0.3, -0.25) is 14.6 Å². The first kappa shape index (κ1) is 18.7. The summed E-state index contributed by atoms with van der Waals surface area (Å²) in [7, 11) is 0. The Balaban J connectivity index is 1.73. The Bertz CT molecular complexity index is 463. The van der Waals surface area contributed by atoms with Crippen LogP contribution in [0.15, 0.2) is 11.8 Å². The van der Waals surface area contributed by atoms with Gasteiger partial charge in [-0.25, -0.2) is 0 Å². The van der Waals surface area contributed by atoms with Gasteiger partial charge in [-0.15, -0.1) is 0 Å². The number of aliphatic hydroxyl groups excluding tert-OH is 1. The molecule has 2 rings (SSSR count). The Hall–Kier alpha value is -1.66. The monoisotopic (exact) mass is 337 g/mol. The van der Waals surface area contributed by atoms with Crippen molar-refractivity contribution in [3.05, 3.63) is 11.8 Å². The number of carbonyl (C=O) groups excluding carboxylic acids is 1. The molecule has 0 bridgehead atoms. The number of aliphatic hydroxyl groups is 1. The van der Waals surface area contributed by atoms with E-state index in [1.165, 1.54) is 0 Å². The Morgan fingerprint density at radius 3 is 2.42 bits per heavy atom. The van der Waals surface area contributed by atoms with E-state index in [1.54, 1.807) is 6.20 Å². The number of piperazine rings is 1. The lowest BCUT2D eigenvalue weighted by Gasteiger charge is -2.33. The zero-order chi connectivity index (χ0) is 17.2. The molecule has 8 nitrogen and oxygen atoms in total. The summed E-state index contributed by atoms with van der Waals surface area (Å²) in [6, 6.07) is 1.99. The lowest BCUT2D eigenvalue weighted by molar-refractivity contribution is -0.117. The van der Waals surface area contributed by atoms with Crippen molar-refractivity contribution in [2.45, 2.75) is 0 Å². The molecule has 0 radical (unpaired) electrons. The van der Waals surface area contributed by atoms with Crippen molar-refractivity contribution in [1.82, 2.24) is 20.0 Å². The first-order valence-electron chi connectivity index (χ1n) is 8.50. The summed E-state index contributed by atoms with van der Waals surface area (Å²) < 4.78 is 5.29. The lowest BCUT2D eigenvalue weighted by Crippen LogP contribution is -2.45. The molecule has 2 aliphatic heterocycles. The average Bonchev–Trinajstić information content (AvgIpc) is 2.62. The SMILES string of the molecule is N#C/C(=C/N1CCN(CCO)CC1)C(=O)NCCN1CCOCC1. The number of hydrogen-bond donors (Lipinski definition) is 2. The number of nitrogens with zero attached hydrogens (tertiary/aromatic N) is 4. The summed E-state index contributed by atoms with van der Waals surface area (Å²) in [6.45, 7) is 8.54. The quantitative estimate of drug-likeness (QED) is 0.429. The smallest absolute Gasteiger partial charge is 0.263 e. The van der Waals surface area contributed by atoms with E-state index < -0.39 is 0 Å². The second-order valence-corrected chi connectivity index (χ2v) is 5.97. The molecule has 2 aliphatic rings. The fraction of sp³-hybridized carbons (Fsp3) is 0.750. The number of nitrogens with one attached hydrogen (secondary N) is 1. The van der Waals surface area contributed by atoms with Gasteiger partial charge in [-0.05, 0) is 0 Å². The highest BCUT2D eigenvalue weighted by atomic mass is 16.5. The van der Waals surface area contributed by atoms with Crippen LogP contribution in [0.2, 0.25) is 0 Å². The molecule has 2 saturated heterocycles. The van der Waals surface area contributed by atoms with E-state index in [2.05, 4.69) is 15.1 Å². The highest BCUT2D eigenvalue weighted by molar-refractivity contribution is 5.97. The second kappa shape index (κ2) is 10.3. The summed E-state index contributed by atoms with van der Waals surface area (Å²) in [5.74, 6) is -0.316. The number of morpholine rings is 1. The fourth-order valence-corrected chi connectivity index (χ4v) is 2.83. The van der Waals surface area contributed by atoms with Crippen LogP contribution in [-0.4, -0.2) is 104 Å². The Morgan fingerprint density at radius 1 is 1.12 bits per heavy atom. The average molecular weight is 337 g/mol. The van der Waals surface area contributed by atoms with Crippen LogP contribution in [0.1, 0.15) is 0 Å². The first-order valence-corrected chi connectivity index (χ1v) is 8.50. The van der Waals surface area contributed by atoms with E-state index in [1.807, 2.05) is 11.0 Å². The van der Waals surface area contributed by atoms with E-state index in [0.29, 0.717) is 13.1 Å². The van der Waals surface area contributed by atoms with Crippen molar-refractivity contribution in [2.75, 3.05) is 78.7 Å². The van der Waals surface area contributed by atoms with Gasteiger partial charge in [0.25, 0.3) is 5.91 Å². The van der Waals surface area contributed by atoms with Gasteiger partial charge in [-0.2, -0.15) is 5.26 Å². The van der Waals surface area contributed by atoms with Crippen molar-refractivity contribution in [3.63, 3.8) is 0 Å². The molecule has 2 fully saturated rings. The third kappa shape index (κ3) is 6.09. The van der Waals surface area contributed by atoms with Gasteiger partial charge in [0.05, 0.1) is 19.8 Å². The largest absolute Gasteiger partial charge is 0.395 e. The minimum Gasteiger partial charge on any atom is -0.395 e. The molecule has 24 heavy (non-hydrogen) atoms. The van der Waals surface area contributed by atoms with Crippen molar-refractivity contribution in [1.29, 1.82) is 5.26 Å². The Labute approximate surface area is 143 Å². The molecule has 2 heterocycles. The number of rotatable bonds is 7. The molecule has 134 valence electrons. The van der Waals surface area contributed by atoms with E-state index in [0.717, 1.165) is 59.0 Å². The fourth-order valence-electron chi connectivity index (χ4n) is 2.83. The molecule has 1 amide bonds. The van der Waals surface area contributed by atoms with E-state index in [-0.39, 0.29) is 18.1 Å². The van der Waals surface area contributed by atoms with Gasteiger partial charge in [0.15, 0.2) is 0 Å². The predicted molar refractivity (Wildman–Crippen MR) is 89.1 cm³/mol. The number of nitriles is 1. The molecular formula is C16H27N5O3. The van der Waals surface area contributed by atoms with Crippen LogP contribution in [0, 0.1) is 11.3 Å². The summed E-state index contributed by atoms with van der Waals surface area (Å²) in [6.07, 6.45) is 1.65. The van der Waals surface area contributed by atoms with Crippen LogP contribution in [-0.2, 0) is 9.53 Å². The van der Waals surface area contributed by atoms with Crippen LogP contribution in [0.4, 0.5) is 0 Å². The summed E-state index contributed by atoms with van der Waals surface area (Å²) >= 11 is 0. The third-order valence-corrected chi connectivity index (χ3v) is 4.32. The van der Waals surface area contributed by atoms with Gasteiger partial charge >= 0.3 is 0 Å². The number of amides is 1. The molecule has 0 aromatic carbocycles. The lowest BCUT2D eigenvalue weighted by atomic mass is 10.2. The number of carbonyl (C=O) groups is 1. The Kier molecular flexibility index (Phi) is 7.98. The molecule has 0 aliphatic carbocycles. The zero-order valence-corrected chi connectivity index (χ0v) is 14.1. The second-order valence-electron chi connectivity index (χ2n) is 5.97. The highest BCUT2D eigenvalue weighted by Gasteiger charge is 2.17. The van der Waals surface area contributed by atoms with Crippen LogP contribution in [0.3, 0.4) is 0 Å². The van der Waals surface area contributed by atoms with E-state index >= 15 is 0 Å². The maximum Gasteiger partial charge on any atom is 0.263 e. The van der Waals surface area contributed by atoms with Crippen molar-refractivity contribution < 1.29 is 14.6 Å². The number of ether oxygens (including phenoxy) is 1. The number of hydrogen-bond acceptors (Lipinski definition) is 7. The van der Waals surface area contributed by atoms with Crippen molar-refractivity contribution >= 4 is 5.91 Å². The first-order chi connectivity index (χ1) is 11.7. The van der Waals surface area contributed by atoms with Crippen LogP contribution in [0.25, 0.3) is 0 Å². The Morgan fingerprint density at radius 2 is 1.79 bits per heavy atom. The normalized spacial score (nSPS) is 20.7. The van der Waals surface area contributed by atoms with Gasteiger partial charge in [0.2, 0.25) is 0 Å². The van der Waals surface area contributed by atoms with Crippen LogP contribution in [0.5, 0.6) is 0 Å². The van der Waals surface area contributed by atoms with E-state index in [4.69, 9.17) is 9.84 Å². The highest BCUT2D eigenvalue weighted by Crippen LogP contribution is 2.05. The molecule has 0 atom stereocenters. The van der Waals surface area contributed by atoms with Gasteiger partial charge in [0.1, 0.15) is 11.6 Å². The number of β-amino-alcohol motifs (C(OH)–C–C–N with tert-alkyl or cyclic N) is 1. The molecule has 0 aromatic rings. The maximum atomic E-state index is 12.1. The summed E-state index contributed by atoms with van der Waals surface area (Å²) in [5.41, 5.74) is 0.146. The molecule has 0 saturated carbocycles. The minimum atomic E-state index is -0.316. The molecule has 2 N–H and O–H groups in total. The van der Waals surface area contributed by atoms with Crippen molar-refractivity contribution in [3.8, 4) is 6.07 Å². The molecule has 0 spiro atoms. The van der Waals surface area contributed by atoms with Crippen LogP contribution < -0.4 is 5.32 Å². The summed E-state index contributed by atoms with van der Waals surface area (Å²) in [4.78, 5) is 18.5. The summed E-state index contributed by atoms with van der Waals surface area (Å²) in [5, 5.41) is 21.0. The van der Waals surface area contributed by atoms with Gasteiger partial charge in [0, 0.05) is 65.1 Å². The van der Waals surface area contributed by atoms with Crippen molar-refractivity contribution in [2.24, 2.45) is 0 Å². The molecule has 8 heteroatoms. The topological polar surface area (TPSA) is 92.1 Å². The van der Waals surface area contributed by atoms with Gasteiger partial charge in [-0.1, -0.05) is 0 Å². The maximum absolute atomic E-state index is 12.1. The van der Waals surface area contributed by atoms with Crippen LogP contribution >= 0.6 is 0 Å². The standard InChI is InChI=1S/C16H27N5O3/c17-13-15(14-21-5-3-20(4-6-21)7-10-22)16(23)18-1-2-19-8-11-24-12-9-19/h14,22H,1-12H2,(H,18,23)/b15-14-.